The van der Waals surface area contributed by atoms with Crippen molar-refractivity contribution < 1.29 is 13.9 Å². The summed E-state index contributed by atoms with van der Waals surface area (Å²) >= 11 is 0. The Morgan fingerprint density at radius 1 is 1.14 bits per heavy atom. The summed E-state index contributed by atoms with van der Waals surface area (Å²) in [4.78, 5) is 4.37. The molecule has 0 bridgehead atoms. The lowest BCUT2D eigenvalue weighted by Gasteiger charge is -2.38. The highest BCUT2D eigenvalue weighted by Gasteiger charge is 2.34. The molecule has 0 saturated carbocycles. The molecule has 7 heteroatoms. The largest absolute Gasteiger partial charge is 0.494 e. The Morgan fingerprint density at radius 2 is 1.90 bits per heavy atom. The van der Waals surface area contributed by atoms with E-state index in [0.717, 1.165) is 63.0 Å². The summed E-state index contributed by atoms with van der Waals surface area (Å²) < 4.78 is 16.6. The van der Waals surface area contributed by atoms with Gasteiger partial charge in [0, 0.05) is 45.2 Å². The van der Waals surface area contributed by atoms with Crippen molar-refractivity contribution in [1.29, 1.82) is 0 Å². The van der Waals surface area contributed by atoms with Gasteiger partial charge in [-0.05, 0) is 49.6 Å². The third-order valence-corrected chi connectivity index (χ3v) is 5.29. The number of hydrogen-bond acceptors (Lipinski definition) is 4. The molecule has 1 saturated heterocycles. The number of halogens is 1. The molecule has 3 rings (SSSR count). The maximum atomic E-state index is 5.64. The predicted molar refractivity (Wildman–Crippen MR) is 127 cm³/mol. The molecule has 0 radical (unpaired) electrons. The lowest BCUT2D eigenvalue weighted by atomic mass is 9.74. The van der Waals surface area contributed by atoms with Crippen LogP contribution in [0.25, 0.3) is 0 Å². The lowest BCUT2D eigenvalue weighted by Crippen LogP contribution is -2.48. The zero-order chi connectivity index (χ0) is 19.7. The van der Waals surface area contributed by atoms with Crippen molar-refractivity contribution in [3.8, 4) is 5.75 Å². The summed E-state index contributed by atoms with van der Waals surface area (Å²) in [7, 11) is 1.80. The maximum Gasteiger partial charge on any atom is 0.191 e. The topological polar surface area (TPSA) is 68.0 Å². The van der Waals surface area contributed by atoms with Crippen molar-refractivity contribution >= 4 is 29.9 Å². The Bertz CT molecular complexity index is 726. The van der Waals surface area contributed by atoms with Gasteiger partial charge in [-0.15, -0.1) is 24.0 Å². The van der Waals surface area contributed by atoms with Gasteiger partial charge in [0.2, 0.25) is 0 Å². The van der Waals surface area contributed by atoms with Crippen molar-refractivity contribution in [2.45, 2.75) is 31.6 Å². The zero-order valence-corrected chi connectivity index (χ0v) is 19.6. The van der Waals surface area contributed by atoms with Crippen molar-refractivity contribution in [2.24, 2.45) is 4.99 Å². The van der Waals surface area contributed by atoms with Crippen LogP contribution in [-0.4, -0.2) is 45.9 Å². The molecule has 2 aromatic rings. The molecule has 1 aliphatic heterocycles. The van der Waals surface area contributed by atoms with Crippen LogP contribution in [0.3, 0.4) is 0 Å². The molecule has 6 nitrogen and oxygen atoms in total. The SMILES string of the molecule is CCOc1ccc(C2(CNC(=NC)NCCc3ccco3)CCOCC2)cc1.I. The van der Waals surface area contributed by atoms with E-state index in [1.165, 1.54) is 5.56 Å². The molecule has 0 spiro atoms. The molecule has 1 aromatic carbocycles. The van der Waals surface area contributed by atoms with Crippen LogP contribution in [-0.2, 0) is 16.6 Å². The van der Waals surface area contributed by atoms with Gasteiger partial charge in [-0.2, -0.15) is 0 Å². The molecule has 29 heavy (non-hydrogen) atoms. The smallest absolute Gasteiger partial charge is 0.191 e. The third-order valence-electron chi connectivity index (χ3n) is 5.29. The van der Waals surface area contributed by atoms with E-state index in [-0.39, 0.29) is 29.4 Å². The van der Waals surface area contributed by atoms with Gasteiger partial charge >= 0.3 is 0 Å². The van der Waals surface area contributed by atoms with Crippen molar-refractivity contribution in [3.63, 3.8) is 0 Å². The second-order valence-corrected chi connectivity index (χ2v) is 7.03. The molecule has 1 fully saturated rings. The predicted octanol–water partition coefficient (Wildman–Crippen LogP) is 3.75. The highest BCUT2D eigenvalue weighted by atomic mass is 127. The molecule has 1 aromatic heterocycles. The van der Waals surface area contributed by atoms with Crippen LogP contribution in [0.1, 0.15) is 31.1 Å². The van der Waals surface area contributed by atoms with Crippen LogP contribution in [0.2, 0.25) is 0 Å². The summed E-state index contributed by atoms with van der Waals surface area (Å²) in [5, 5.41) is 6.89. The minimum Gasteiger partial charge on any atom is -0.494 e. The first-order valence-corrected chi connectivity index (χ1v) is 10.0. The van der Waals surface area contributed by atoms with Gasteiger partial charge in [0.1, 0.15) is 11.5 Å². The number of hydrogen-bond donors (Lipinski definition) is 2. The summed E-state index contributed by atoms with van der Waals surface area (Å²) in [6, 6.07) is 12.4. The second kappa shape index (κ2) is 12.1. The summed E-state index contributed by atoms with van der Waals surface area (Å²) in [6.07, 6.45) is 4.49. The molecular formula is C22H32IN3O3. The number of guanidine groups is 1. The zero-order valence-electron chi connectivity index (χ0n) is 17.3. The highest BCUT2D eigenvalue weighted by molar-refractivity contribution is 14.0. The summed E-state index contributed by atoms with van der Waals surface area (Å²) in [6.45, 7) is 5.82. The van der Waals surface area contributed by atoms with Gasteiger partial charge in [0.25, 0.3) is 0 Å². The Morgan fingerprint density at radius 3 is 2.52 bits per heavy atom. The van der Waals surface area contributed by atoms with Gasteiger partial charge in [0.05, 0.1) is 12.9 Å². The van der Waals surface area contributed by atoms with Gasteiger partial charge in [-0.3, -0.25) is 4.99 Å². The minimum atomic E-state index is 0. The van der Waals surface area contributed by atoms with Gasteiger partial charge < -0.3 is 24.5 Å². The number of furan rings is 1. The Kier molecular flexibility index (Phi) is 9.80. The number of rotatable bonds is 8. The highest BCUT2D eigenvalue weighted by Crippen LogP contribution is 2.35. The molecule has 0 atom stereocenters. The average molecular weight is 513 g/mol. The number of aliphatic imine (C=N–C) groups is 1. The quantitative estimate of drug-likeness (QED) is 0.320. The van der Waals surface area contributed by atoms with E-state index in [9.17, 15) is 0 Å². The van der Waals surface area contributed by atoms with Crippen LogP contribution in [0.4, 0.5) is 0 Å². The summed E-state index contributed by atoms with van der Waals surface area (Å²) in [5.74, 6) is 2.69. The Balaban J connectivity index is 0.00000300. The van der Waals surface area contributed by atoms with Crippen LogP contribution < -0.4 is 15.4 Å². The maximum absolute atomic E-state index is 5.64. The van der Waals surface area contributed by atoms with E-state index in [1.807, 2.05) is 19.1 Å². The second-order valence-electron chi connectivity index (χ2n) is 7.03. The van der Waals surface area contributed by atoms with E-state index in [4.69, 9.17) is 13.9 Å². The number of ether oxygens (including phenoxy) is 2. The minimum absolute atomic E-state index is 0. The van der Waals surface area contributed by atoms with E-state index in [2.05, 4.69) is 39.9 Å². The molecule has 0 aliphatic carbocycles. The van der Waals surface area contributed by atoms with Crippen molar-refractivity contribution in [1.82, 2.24) is 10.6 Å². The molecule has 0 amide bonds. The van der Waals surface area contributed by atoms with Gasteiger partial charge in [0.15, 0.2) is 5.96 Å². The van der Waals surface area contributed by atoms with E-state index in [0.29, 0.717) is 6.61 Å². The van der Waals surface area contributed by atoms with E-state index in [1.54, 1.807) is 13.3 Å². The van der Waals surface area contributed by atoms with Crippen molar-refractivity contribution in [2.75, 3.05) is 40.0 Å². The molecule has 2 heterocycles. The molecular weight excluding hydrogens is 481 g/mol. The first-order chi connectivity index (χ1) is 13.8. The van der Waals surface area contributed by atoms with Crippen LogP contribution in [0.5, 0.6) is 5.75 Å². The van der Waals surface area contributed by atoms with Crippen LogP contribution in [0, 0.1) is 0 Å². The Labute approximate surface area is 190 Å². The first-order valence-electron chi connectivity index (χ1n) is 10.0. The standard InChI is InChI=1S/C22H31N3O3.HI/c1-3-27-20-8-6-18(7-9-20)22(11-15-26-16-12-22)17-25-21(23-2)24-13-10-19-5-4-14-28-19;/h4-9,14H,3,10-13,15-17H2,1-2H3,(H2,23,24,25);1H. The fourth-order valence-corrected chi connectivity index (χ4v) is 3.63. The molecule has 2 N–H and O–H groups in total. The summed E-state index contributed by atoms with van der Waals surface area (Å²) in [5.41, 5.74) is 1.35. The molecule has 1 aliphatic rings. The number of nitrogens with one attached hydrogen (secondary N) is 2. The van der Waals surface area contributed by atoms with Gasteiger partial charge in [-0.1, -0.05) is 12.1 Å². The molecule has 0 unspecified atom stereocenters. The number of benzene rings is 1. The van der Waals surface area contributed by atoms with Crippen LogP contribution in [0.15, 0.2) is 52.1 Å². The van der Waals surface area contributed by atoms with E-state index >= 15 is 0 Å². The fourth-order valence-electron chi connectivity index (χ4n) is 3.63. The van der Waals surface area contributed by atoms with Gasteiger partial charge in [-0.25, -0.2) is 0 Å². The monoisotopic (exact) mass is 513 g/mol. The fraction of sp³-hybridized carbons (Fsp3) is 0.500. The lowest BCUT2D eigenvalue weighted by molar-refractivity contribution is 0.0513. The Hall–Kier alpha value is -1.74. The first kappa shape index (κ1) is 23.5. The molecule has 160 valence electrons. The van der Waals surface area contributed by atoms with E-state index < -0.39 is 0 Å². The van der Waals surface area contributed by atoms with Crippen LogP contribution >= 0.6 is 24.0 Å². The third kappa shape index (κ3) is 6.64. The van der Waals surface area contributed by atoms with Crippen molar-refractivity contribution in [3.05, 3.63) is 54.0 Å². The average Bonchev–Trinajstić information content (AvgIpc) is 3.25. The number of nitrogens with zero attached hydrogens (tertiary/aromatic N) is 1. The normalized spacial score (nSPS) is 16.0.